The Morgan fingerprint density at radius 2 is 2.00 bits per heavy atom. The summed E-state index contributed by atoms with van der Waals surface area (Å²) in [6, 6.07) is 5.93. The number of sulfone groups is 1. The van der Waals surface area contributed by atoms with E-state index in [-0.39, 0.29) is 11.8 Å². The quantitative estimate of drug-likeness (QED) is 0.867. The van der Waals surface area contributed by atoms with Crippen LogP contribution in [0.3, 0.4) is 0 Å². The average molecular weight is 266 g/mol. The van der Waals surface area contributed by atoms with Crippen molar-refractivity contribution in [3.05, 3.63) is 30.0 Å². The first-order valence-electron chi connectivity index (χ1n) is 5.85. The molecule has 0 saturated carbocycles. The van der Waals surface area contributed by atoms with E-state index in [0.29, 0.717) is 5.69 Å². The van der Waals surface area contributed by atoms with E-state index < -0.39 is 9.84 Å². The van der Waals surface area contributed by atoms with E-state index in [9.17, 15) is 8.42 Å². The van der Waals surface area contributed by atoms with Crippen LogP contribution in [-0.4, -0.2) is 19.2 Å². The molecule has 18 heavy (non-hydrogen) atoms. The van der Waals surface area contributed by atoms with Crippen molar-refractivity contribution in [2.24, 2.45) is 0 Å². The molecule has 0 radical (unpaired) electrons. The summed E-state index contributed by atoms with van der Waals surface area (Å²) >= 11 is 0. The number of hydrogen-bond acceptors (Lipinski definition) is 3. The highest BCUT2D eigenvalue weighted by atomic mass is 32.2. The van der Waals surface area contributed by atoms with Crippen LogP contribution < -0.4 is 5.73 Å². The molecule has 1 aromatic heterocycles. The van der Waals surface area contributed by atoms with Gasteiger partial charge < -0.3 is 10.3 Å². The Balaban J connectivity index is 2.74. The van der Waals surface area contributed by atoms with Gasteiger partial charge in [-0.1, -0.05) is 6.07 Å². The van der Waals surface area contributed by atoms with Gasteiger partial charge in [-0.15, -0.1) is 0 Å². The monoisotopic (exact) mass is 266 g/mol. The van der Waals surface area contributed by atoms with Crippen molar-refractivity contribution in [2.45, 2.75) is 25.6 Å². The molecule has 1 aromatic carbocycles. The molecular weight excluding hydrogens is 248 g/mol. The Morgan fingerprint density at radius 1 is 1.33 bits per heavy atom. The van der Waals surface area contributed by atoms with Crippen LogP contribution in [0.1, 0.15) is 25.5 Å². The van der Waals surface area contributed by atoms with Gasteiger partial charge >= 0.3 is 0 Å². The predicted molar refractivity (Wildman–Crippen MR) is 75.3 cm³/mol. The minimum absolute atomic E-state index is 0.0252. The smallest absolute Gasteiger partial charge is 0.151 e. The average Bonchev–Trinajstić information content (AvgIpc) is 2.56. The highest BCUT2D eigenvalue weighted by Gasteiger charge is 2.16. The molecule has 0 spiro atoms. The maximum absolute atomic E-state index is 11.5. The summed E-state index contributed by atoms with van der Waals surface area (Å²) in [5.41, 5.74) is 8.38. The minimum Gasteiger partial charge on any atom is -0.398 e. The first-order valence-corrected chi connectivity index (χ1v) is 7.91. The van der Waals surface area contributed by atoms with Crippen LogP contribution >= 0.6 is 0 Å². The predicted octanol–water partition coefficient (Wildman–Crippen LogP) is 2.35. The number of nitrogens with zero attached hydrogens (tertiary/aromatic N) is 1. The Bertz CT molecular complexity index is 684. The third-order valence-electron chi connectivity index (χ3n) is 2.94. The zero-order chi connectivity index (χ0) is 13.5. The SMILES string of the molecule is CC(C)n1cc(CS(C)(=O)=O)c2c(N)cccc21. The zero-order valence-electron chi connectivity index (χ0n) is 10.8. The molecule has 0 aliphatic carbocycles. The van der Waals surface area contributed by atoms with Crippen LogP contribution in [0.15, 0.2) is 24.4 Å². The second kappa shape index (κ2) is 4.31. The van der Waals surface area contributed by atoms with Gasteiger partial charge in [0.1, 0.15) is 0 Å². The maximum Gasteiger partial charge on any atom is 0.151 e. The fourth-order valence-corrected chi connectivity index (χ4v) is 3.03. The summed E-state index contributed by atoms with van der Waals surface area (Å²) < 4.78 is 25.0. The third kappa shape index (κ3) is 2.36. The molecule has 0 bridgehead atoms. The van der Waals surface area contributed by atoms with Gasteiger partial charge in [-0.3, -0.25) is 0 Å². The first-order chi connectivity index (χ1) is 8.29. The number of benzene rings is 1. The number of fused-ring (bicyclic) bond motifs is 1. The van der Waals surface area contributed by atoms with E-state index >= 15 is 0 Å². The topological polar surface area (TPSA) is 65.1 Å². The lowest BCUT2D eigenvalue weighted by molar-refractivity contribution is 0.600. The normalized spacial score (nSPS) is 12.4. The lowest BCUT2D eigenvalue weighted by Gasteiger charge is -2.08. The number of nitrogens with two attached hydrogens (primary N) is 1. The lowest BCUT2D eigenvalue weighted by Crippen LogP contribution is -2.01. The van der Waals surface area contributed by atoms with Gasteiger partial charge in [0, 0.05) is 29.6 Å². The van der Waals surface area contributed by atoms with Gasteiger partial charge in [0.25, 0.3) is 0 Å². The van der Waals surface area contributed by atoms with E-state index in [1.807, 2.05) is 18.3 Å². The number of anilines is 1. The fraction of sp³-hybridized carbons (Fsp3) is 0.385. The van der Waals surface area contributed by atoms with Gasteiger partial charge in [0.05, 0.1) is 11.3 Å². The zero-order valence-corrected chi connectivity index (χ0v) is 11.7. The van der Waals surface area contributed by atoms with Gasteiger partial charge in [0.15, 0.2) is 9.84 Å². The molecule has 2 N–H and O–H groups in total. The van der Waals surface area contributed by atoms with E-state index in [4.69, 9.17) is 5.73 Å². The van der Waals surface area contributed by atoms with E-state index in [0.717, 1.165) is 16.5 Å². The van der Waals surface area contributed by atoms with E-state index in [1.54, 1.807) is 6.07 Å². The molecule has 0 unspecified atom stereocenters. The third-order valence-corrected chi connectivity index (χ3v) is 3.78. The summed E-state index contributed by atoms with van der Waals surface area (Å²) in [4.78, 5) is 0. The van der Waals surface area contributed by atoms with Crippen molar-refractivity contribution in [2.75, 3.05) is 12.0 Å². The maximum atomic E-state index is 11.5. The van der Waals surface area contributed by atoms with E-state index in [1.165, 1.54) is 6.26 Å². The number of aromatic nitrogens is 1. The van der Waals surface area contributed by atoms with Crippen molar-refractivity contribution in [1.82, 2.24) is 4.57 Å². The van der Waals surface area contributed by atoms with Gasteiger partial charge in [-0.2, -0.15) is 0 Å². The Hall–Kier alpha value is -1.49. The molecule has 0 atom stereocenters. The number of nitrogen functional groups attached to an aromatic ring is 1. The van der Waals surface area contributed by atoms with Crippen molar-refractivity contribution in [1.29, 1.82) is 0 Å². The molecule has 0 aliphatic rings. The molecule has 2 aromatic rings. The molecule has 2 rings (SSSR count). The number of rotatable bonds is 3. The largest absolute Gasteiger partial charge is 0.398 e. The summed E-state index contributed by atoms with van der Waals surface area (Å²) in [6.45, 7) is 4.12. The van der Waals surface area contributed by atoms with Gasteiger partial charge in [0.2, 0.25) is 0 Å². The Kier molecular flexibility index (Phi) is 3.11. The highest BCUT2D eigenvalue weighted by Crippen LogP contribution is 2.30. The van der Waals surface area contributed by atoms with Crippen molar-refractivity contribution < 1.29 is 8.42 Å². The van der Waals surface area contributed by atoms with Crippen LogP contribution in [0.25, 0.3) is 10.9 Å². The van der Waals surface area contributed by atoms with Crippen LogP contribution in [0.4, 0.5) is 5.69 Å². The molecule has 1 heterocycles. The van der Waals surface area contributed by atoms with Crippen molar-refractivity contribution in [3.8, 4) is 0 Å². The summed E-state index contributed by atoms with van der Waals surface area (Å²) in [5.74, 6) is 0.0252. The van der Waals surface area contributed by atoms with Crippen LogP contribution in [-0.2, 0) is 15.6 Å². The minimum atomic E-state index is -3.07. The lowest BCUT2D eigenvalue weighted by atomic mass is 10.1. The van der Waals surface area contributed by atoms with Crippen LogP contribution in [0.2, 0.25) is 0 Å². The number of hydrogen-bond donors (Lipinski definition) is 1. The second-order valence-corrected chi connectivity index (χ2v) is 7.11. The summed E-state index contributed by atoms with van der Waals surface area (Å²) in [5, 5.41) is 0.858. The van der Waals surface area contributed by atoms with Crippen molar-refractivity contribution >= 4 is 26.4 Å². The summed E-state index contributed by atoms with van der Waals surface area (Å²) in [6.07, 6.45) is 3.14. The molecule has 4 nitrogen and oxygen atoms in total. The highest BCUT2D eigenvalue weighted by molar-refractivity contribution is 7.89. The van der Waals surface area contributed by atoms with Crippen LogP contribution in [0.5, 0.6) is 0 Å². The summed E-state index contributed by atoms with van der Waals surface area (Å²) in [7, 11) is -3.07. The fourth-order valence-electron chi connectivity index (χ4n) is 2.24. The van der Waals surface area contributed by atoms with Crippen LogP contribution in [0, 0.1) is 0 Å². The van der Waals surface area contributed by atoms with Gasteiger partial charge in [-0.05, 0) is 31.5 Å². The molecule has 0 saturated heterocycles. The van der Waals surface area contributed by atoms with Crippen molar-refractivity contribution in [3.63, 3.8) is 0 Å². The van der Waals surface area contributed by atoms with E-state index in [2.05, 4.69) is 18.4 Å². The molecule has 0 aliphatic heterocycles. The molecule has 0 amide bonds. The molecule has 5 heteroatoms. The second-order valence-electron chi connectivity index (χ2n) is 4.97. The Morgan fingerprint density at radius 3 is 2.56 bits per heavy atom. The molecule has 98 valence electrons. The molecular formula is C13H18N2O2S. The standard InChI is InChI=1S/C13H18N2O2S/c1-9(2)15-7-10(8-18(3,16)17)13-11(14)5-4-6-12(13)15/h4-7,9H,8,14H2,1-3H3. The molecule has 0 fully saturated rings. The van der Waals surface area contributed by atoms with Gasteiger partial charge in [-0.25, -0.2) is 8.42 Å². The Labute approximate surface area is 107 Å². The first kappa shape index (κ1) is 13.0.